The number of phenolic OH excluding ortho intramolecular Hbond substituents is 1. The first-order valence-electron chi connectivity index (χ1n) is 9.69. The lowest BCUT2D eigenvalue weighted by Gasteiger charge is -2.22. The van der Waals surface area contributed by atoms with E-state index in [1.807, 2.05) is 13.0 Å². The minimum Gasteiger partial charge on any atom is -0.507 e. The van der Waals surface area contributed by atoms with Gasteiger partial charge in [0.05, 0.1) is 18.6 Å². The SMILES string of the molecule is CCOC(=O)C[C@H](NC)c1cc(-c2c(C)cc(C(C)(C)O)cc2O)cc(C)c1F. The van der Waals surface area contributed by atoms with Gasteiger partial charge in [-0.25, -0.2) is 4.39 Å². The summed E-state index contributed by atoms with van der Waals surface area (Å²) in [6, 6.07) is 6.08. The molecule has 0 radical (unpaired) electrons. The minimum absolute atomic E-state index is 0.00508. The highest BCUT2D eigenvalue weighted by molar-refractivity contribution is 5.76. The van der Waals surface area contributed by atoms with Gasteiger partial charge < -0.3 is 20.3 Å². The van der Waals surface area contributed by atoms with Crippen LogP contribution in [0.25, 0.3) is 11.1 Å². The van der Waals surface area contributed by atoms with Crippen LogP contribution in [-0.4, -0.2) is 29.8 Å². The zero-order valence-corrected chi connectivity index (χ0v) is 17.9. The molecule has 0 spiro atoms. The van der Waals surface area contributed by atoms with Gasteiger partial charge >= 0.3 is 5.97 Å². The third-order valence-electron chi connectivity index (χ3n) is 4.99. The lowest BCUT2D eigenvalue weighted by atomic mass is 9.89. The third kappa shape index (κ3) is 5.14. The topological polar surface area (TPSA) is 78.8 Å². The fourth-order valence-electron chi connectivity index (χ4n) is 3.45. The second-order valence-corrected chi connectivity index (χ2v) is 7.79. The third-order valence-corrected chi connectivity index (χ3v) is 4.99. The maximum Gasteiger partial charge on any atom is 0.307 e. The smallest absolute Gasteiger partial charge is 0.307 e. The first-order chi connectivity index (χ1) is 13.5. The molecule has 3 N–H and O–H groups in total. The molecule has 0 aliphatic rings. The Bertz CT molecular complexity index is 879. The summed E-state index contributed by atoms with van der Waals surface area (Å²) in [6.07, 6.45) is -0.00719. The molecular formula is C23H30FNO4. The van der Waals surface area contributed by atoms with Crippen LogP contribution in [0.4, 0.5) is 4.39 Å². The number of phenols is 1. The fraction of sp³-hybridized carbons (Fsp3) is 0.435. The summed E-state index contributed by atoms with van der Waals surface area (Å²) in [5.41, 5.74) is 2.19. The van der Waals surface area contributed by atoms with E-state index in [4.69, 9.17) is 4.74 Å². The van der Waals surface area contributed by atoms with E-state index in [2.05, 4.69) is 5.32 Å². The maximum absolute atomic E-state index is 14.9. The molecule has 0 aliphatic carbocycles. The predicted octanol–water partition coefficient (Wildman–Crippen LogP) is 4.26. The van der Waals surface area contributed by atoms with Gasteiger partial charge in [0.2, 0.25) is 0 Å². The van der Waals surface area contributed by atoms with E-state index in [1.54, 1.807) is 46.9 Å². The van der Waals surface area contributed by atoms with Gasteiger partial charge in [0.1, 0.15) is 11.6 Å². The molecule has 0 bridgehead atoms. The molecule has 29 heavy (non-hydrogen) atoms. The van der Waals surface area contributed by atoms with Crippen molar-refractivity contribution < 1.29 is 24.1 Å². The van der Waals surface area contributed by atoms with Crippen LogP contribution in [-0.2, 0) is 15.1 Å². The summed E-state index contributed by atoms with van der Waals surface area (Å²) in [5, 5.41) is 23.9. The molecule has 6 heteroatoms. The zero-order chi connectivity index (χ0) is 21.9. The Hall–Kier alpha value is -2.44. The number of hydrogen-bond acceptors (Lipinski definition) is 5. The highest BCUT2D eigenvalue weighted by Gasteiger charge is 2.24. The highest BCUT2D eigenvalue weighted by Crippen LogP contribution is 2.38. The van der Waals surface area contributed by atoms with Gasteiger partial charge in [0.15, 0.2) is 0 Å². The predicted molar refractivity (Wildman–Crippen MR) is 111 cm³/mol. The fourth-order valence-corrected chi connectivity index (χ4v) is 3.45. The maximum atomic E-state index is 14.9. The molecule has 158 valence electrons. The van der Waals surface area contributed by atoms with Crippen molar-refractivity contribution in [1.82, 2.24) is 5.32 Å². The summed E-state index contributed by atoms with van der Waals surface area (Å²) in [6.45, 7) is 8.76. The Morgan fingerprint density at radius 3 is 2.38 bits per heavy atom. The lowest BCUT2D eigenvalue weighted by molar-refractivity contribution is -0.143. The molecule has 0 saturated carbocycles. The van der Waals surface area contributed by atoms with Crippen LogP contribution < -0.4 is 5.32 Å². The number of hydrogen-bond donors (Lipinski definition) is 3. The van der Waals surface area contributed by atoms with Crippen molar-refractivity contribution in [2.45, 2.75) is 52.7 Å². The van der Waals surface area contributed by atoms with Gasteiger partial charge in [-0.1, -0.05) is 6.07 Å². The molecule has 0 amide bonds. The average Bonchev–Trinajstić information content (AvgIpc) is 2.61. The van der Waals surface area contributed by atoms with Crippen LogP contribution in [0.3, 0.4) is 0 Å². The normalized spacial score (nSPS) is 12.7. The second-order valence-electron chi connectivity index (χ2n) is 7.79. The molecule has 0 fully saturated rings. The number of carbonyl (C=O) groups is 1. The summed E-state index contributed by atoms with van der Waals surface area (Å²) in [5.74, 6) is -0.809. The number of carbonyl (C=O) groups excluding carboxylic acids is 1. The molecule has 5 nitrogen and oxygen atoms in total. The Labute approximate surface area is 171 Å². The van der Waals surface area contributed by atoms with Crippen molar-refractivity contribution in [3.63, 3.8) is 0 Å². The van der Waals surface area contributed by atoms with E-state index in [9.17, 15) is 19.4 Å². The molecule has 2 aromatic carbocycles. The first-order valence-corrected chi connectivity index (χ1v) is 9.69. The van der Waals surface area contributed by atoms with Gasteiger partial charge in [0, 0.05) is 17.2 Å². The summed E-state index contributed by atoms with van der Waals surface area (Å²) >= 11 is 0. The van der Waals surface area contributed by atoms with Gasteiger partial charge in [-0.05, 0) is 82.1 Å². The lowest BCUT2D eigenvalue weighted by Crippen LogP contribution is -2.22. The average molecular weight is 403 g/mol. The van der Waals surface area contributed by atoms with Crippen molar-refractivity contribution >= 4 is 5.97 Å². The standard InChI is InChI=1S/C23H30FNO4/c1-7-29-20(27)12-18(25-6)17-10-15(8-14(3)22(17)24)21-13(2)9-16(11-19(21)26)23(4,5)28/h8-11,18,25-26,28H,7,12H2,1-6H3/t18-/m0/s1. The Morgan fingerprint density at radius 1 is 1.21 bits per heavy atom. The number of halogens is 1. The minimum atomic E-state index is -1.10. The molecule has 0 heterocycles. The number of aromatic hydroxyl groups is 1. The van der Waals surface area contributed by atoms with Gasteiger partial charge in [-0.15, -0.1) is 0 Å². The Morgan fingerprint density at radius 2 is 1.86 bits per heavy atom. The largest absolute Gasteiger partial charge is 0.507 e. The Balaban J connectivity index is 2.58. The highest BCUT2D eigenvalue weighted by atomic mass is 19.1. The second kappa shape index (κ2) is 8.93. The van der Waals surface area contributed by atoms with Crippen LogP contribution in [0.5, 0.6) is 5.75 Å². The van der Waals surface area contributed by atoms with Crippen molar-refractivity contribution in [2.75, 3.05) is 13.7 Å². The van der Waals surface area contributed by atoms with E-state index in [-0.39, 0.29) is 18.8 Å². The molecule has 2 aromatic rings. The molecule has 0 aromatic heterocycles. The van der Waals surface area contributed by atoms with Gasteiger partial charge in [0.25, 0.3) is 0 Å². The zero-order valence-electron chi connectivity index (χ0n) is 17.9. The van der Waals surface area contributed by atoms with Crippen LogP contribution in [0.2, 0.25) is 0 Å². The van der Waals surface area contributed by atoms with Gasteiger partial charge in [-0.3, -0.25) is 4.79 Å². The van der Waals surface area contributed by atoms with Crippen LogP contribution in [0, 0.1) is 19.7 Å². The molecule has 0 unspecified atom stereocenters. The van der Waals surface area contributed by atoms with E-state index in [0.29, 0.717) is 27.8 Å². The molecule has 0 saturated heterocycles. The molecule has 0 aliphatic heterocycles. The quantitative estimate of drug-likeness (QED) is 0.602. The molecular weight excluding hydrogens is 373 g/mol. The number of nitrogens with one attached hydrogen (secondary N) is 1. The van der Waals surface area contributed by atoms with Crippen molar-refractivity contribution in [3.8, 4) is 16.9 Å². The number of esters is 1. The van der Waals surface area contributed by atoms with Crippen molar-refractivity contribution in [1.29, 1.82) is 0 Å². The summed E-state index contributed by atoms with van der Waals surface area (Å²) < 4.78 is 19.9. The summed E-state index contributed by atoms with van der Waals surface area (Å²) in [4.78, 5) is 11.9. The van der Waals surface area contributed by atoms with E-state index in [0.717, 1.165) is 5.56 Å². The van der Waals surface area contributed by atoms with Gasteiger partial charge in [-0.2, -0.15) is 0 Å². The number of aliphatic hydroxyl groups is 1. The van der Waals surface area contributed by atoms with Crippen LogP contribution in [0.15, 0.2) is 24.3 Å². The Kier molecular flexibility index (Phi) is 7.03. The molecule has 1 atom stereocenters. The summed E-state index contributed by atoms with van der Waals surface area (Å²) in [7, 11) is 1.66. The van der Waals surface area contributed by atoms with E-state index < -0.39 is 23.4 Å². The number of benzene rings is 2. The first kappa shape index (κ1) is 22.8. The monoisotopic (exact) mass is 403 g/mol. The number of rotatable bonds is 7. The van der Waals surface area contributed by atoms with E-state index >= 15 is 0 Å². The van der Waals surface area contributed by atoms with Crippen LogP contribution >= 0.6 is 0 Å². The number of aryl methyl sites for hydroxylation is 2. The van der Waals surface area contributed by atoms with Crippen molar-refractivity contribution in [3.05, 3.63) is 52.3 Å². The van der Waals surface area contributed by atoms with Crippen LogP contribution in [0.1, 0.15) is 55.5 Å². The molecule has 2 rings (SSSR count). The van der Waals surface area contributed by atoms with E-state index in [1.165, 1.54) is 6.07 Å². The number of ether oxygens (including phenoxy) is 1. The van der Waals surface area contributed by atoms with Crippen molar-refractivity contribution in [2.24, 2.45) is 0 Å².